The first-order chi connectivity index (χ1) is 43.3. The van der Waals surface area contributed by atoms with Crippen molar-refractivity contribution in [2.75, 3.05) is 81.9 Å². The van der Waals surface area contributed by atoms with Gasteiger partial charge in [-0.3, -0.25) is 33.6 Å². The fourth-order valence-electron chi connectivity index (χ4n) is 10.8. The summed E-state index contributed by atoms with van der Waals surface area (Å²) in [5.74, 6) is -4.70. The molecule has 0 spiro atoms. The Balaban J connectivity index is 1.36. The quantitative estimate of drug-likeness (QED) is 0.0984. The zero-order valence-corrected chi connectivity index (χ0v) is 54.9. The number of amides is 6. The molecule has 1 saturated heterocycles. The average Bonchev–Trinajstić information content (AvgIpc) is 1.04. The van der Waals surface area contributed by atoms with Crippen LogP contribution in [0.2, 0.25) is 0 Å². The molecule has 0 radical (unpaired) electrons. The highest BCUT2D eigenvalue weighted by atomic mass is 16.5. The number of nitrogens with zero attached hydrogens (tertiary/aromatic N) is 4. The van der Waals surface area contributed by atoms with Crippen LogP contribution in [0.3, 0.4) is 0 Å². The molecule has 2 heterocycles. The van der Waals surface area contributed by atoms with Gasteiger partial charge in [0, 0.05) is 58.4 Å². The van der Waals surface area contributed by atoms with E-state index < -0.39 is 114 Å². The molecule has 2 aliphatic rings. The molecule has 91 heavy (non-hydrogen) atoms. The van der Waals surface area contributed by atoms with Crippen molar-refractivity contribution >= 4 is 63.9 Å². The summed E-state index contributed by atoms with van der Waals surface area (Å²) in [6.45, 7) is 8.97. The first-order valence-electron chi connectivity index (χ1n) is 31.2. The molecule has 494 valence electrons. The highest BCUT2D eigenvalue weighted by Crippen LogP contribution is 2.38. The van der Waals surface area contributed by atoms with E-state index in [1.807, 2.05) is 49.4 Å². The number of ether oxygens (including phenoxy) is 7. The molecule has 5 atom stereocenters. The molecule has 6 amide bonds. The number of rotatable bonds is 13. The predicted octanol–water partition coefficient (Wildman–Crippen LogP) is 7.29. The molecule has 6 rings (SSSR count). The summed E-state index contributed by atoms with van der Waals surface area (Å²) in [5, 5.41) is 7.53. The number of nitrogens with one attached hydrogen (secondary N) is 2. The Kier molecular flexibility index (Phi) is 26.3. The number of benzene rings is 4. The minimum Gasteiger partial charge on any atom is -0.497 e. The lowest BCUT2D eigenvalue weighted by Crippen LogP contribution is -2.59. The third-order valence-corrected chi connectivity index (χ3v) is 16.3. The number of cyclic esters (lactones) is 2. The standard InChI is InChI=1S/C69H92N6O16/c1-13-14-27-53-64(81)71-52(37-45-30-31-46-23-17-18-24-47(46)36-45)65(82)74(9)55(42-90-68(2,3)4)63(80)70-41-58(76)72(7)34-20-15-16-29-60(78)89-44-69(5,6)62(79)66(83)75-35-21-19-28-54(75)67(84)91-56(48-25-22-26-50(38-48)88-43-59(77)73(53)8)33-32-49-39-51(85-10)40-57(86-11)61(49)87-12/h16-18,22-26,29-31,36,38-40,52-56H,13-15,19-21,27-28,32-35,37,41-44H2,1-12H3,(H,70,80)(H,71,81)/t52-,53-,54-,55-,56+/m0/s1. The summed E-state index contributed by atoms with van der Waals surface area (Å²) < 4.78 is 41.2. The second kappa shape index (κ2) is 33.5. The third kappa shape index (κ3) is 20.2. The number of aryl methyl sites for hydroxylation is 1. The molecular formula is C69H92N6O16. The Morgan fingerprint density at radius 1 is 0.736 bits per heavy atom. The first kappa shape index (κ1) is 71.5. The van der Waals surface area contributed by atoms with E-state index >= 15 is 4.79 Å². The number of esters is 2. The van der Waals surface area contributed by atoms with E-state index in [-0.39, 0.29) is 57.6 Å². The maximum atomic E-state index is 15.1. The maximum absolute atomic E-state index is 15.1. The molecule has 22 heteroatoms. The zero-order valence-electron chi connectivity index (χ0n) is 54.9. The van der Waals surface area contributed by atoms with Crippen molar-refractivity contribution in [2.24, 2.45) is 5.41 Å². The van der Waals surface area contributed by atoms with E-state index in [0.29, 0.717) is 72.5 Å². The van der Waals surface area contributed by atoms with Gasteiger partial charge in [0.05, 0.1) is 45.5 Å². The largest absolute Gasteiger partial charge is 0.497 e. The van der Waals surface area contributed by atoms with Gasteiger partial charge in [-0.05, 0) is 126 Å². The van der Waals surface area contributed by atoms with E-state index in [4.69, 9.17) is 33.2 Å². The van der Waals surface area contributed by atoms with Crippen LogP contribution in [0.1, 0.15) is 122 Å². The van der Waals surface area contributed by atoms with Gasteiger partial charge in [0.2, 0.25) is 29.4 Å². The number of hydrogen-bond acceptors (Lipinski definition) is 16. The maximum Gasteiger partial charge on any atom is 0.330 e. The normalized spacial score (nSPS) is 21.4. The molecule has 0 aromatic heterocycles. The Labute approximate surface area is 534 Å². The molecule has 1 fully saturated rings. The van der Waals surface area contributed by atoms with Gasteiger partial charge in [-0.15, -0.1) is 0 Å². The Morgan fingerprint density at radius 2 is 1.48 bits per heavy atom. The molecule has 0 saturated carbocycles. The van der Waals surface area contributed by atoms with Crippen LogP contribution in [0.15, 0.2) is 91.0 Å². The molecule has 2 bridgehead atoms. The van der Waals surface area contributed by atoms with Crippen molar-refractivity contribution < 1.29 is 76.3 Å². The third-order valence-electron chi connectivity index (χ3n) is 16.3. The summed E-state index contributed by atoms with van der Waals surface area (Å²) in [6, 6.07) is 18.8. The lowest BCUT2D eigenvalue weighted by molar-refractivity contribution is -0.165. The topological polar surface area (TPSA) is 255 Å². The van der Waals surface area contributed by atoms with Crippen LogP contribution in [0, 0.1) is 5.41 Å². The molecule has 2 aliphatic heterocycles. The van der Waals surface area contributed by atoms with Crippen LogP contribution >= 0.6 is 0 Å². The van der Waals surface area contributed by atoms with Crippen LogP contribution in [0.4, 0.5) is 0 Å². The summed E-state index contributed by atoms with van der Waals surface area (Å²) in [5.41, 5.74) is -0.405. The van der Waals surface area contributed by atoms with Gasteiger partial charge in [-0.25, -0.2) is 9.59 Å². The lowest BCUT2D eigenvalue weighted by Gasteiger charge is -2.36. The molecule has 0 aliphatic carbocycles. The highest BCUT2D eigenvalue weighted by molar-refractivity contribution is 6.38. The summed E-state index contributed by atoms with van der Waals surface area (Å²) in [7, 11) is 9.02. The summed E-state index contributed by atoms with van der Waals surface area (Å²) in [4.78, 5) is 133. The van der Waals surface area contributed by atoms with Gasteiger partial charge >= 0.3 is 11.9 Å². The van der Waals surface area contributed by atoms with E-state index in [9.17, 15) is 38.4 Å². The molecule has 0 unspecified atom stereocenters. The number of likely N-dealkylation sites (N-methyl/N-ethyl adjacent to an activating group) is 3. The van der Waals surface area contributed by atoms with Crippen LogP contribution in [0.5, 0.6) is 23.0 Å². The van der Waals surface area contributed by atoms with Crippen molar-refractivity contribution in [1.29, 1.82) is 0 Å². The van der Waals surface area contributed by atoms with Crippen LogP contribution in [0.25, 0.3) is 10.8 Å². The SMILES string of the molecule is CCCC[C@H]1C(=O)N[C@@H](Cc2ccc3ccccc3c2)C(=O)N(C)[C@@H](COC(C)(C)C)C(=O)NCC(=O)N(C)CCCC=CC(=O)OCC(C)(C)C(=O)C(=O)N2CCCC[C@H]2C(=O)O[C@H](CCc2cc(OC)cc(OC)c2OC)c2cccc(c2)OCC(=O)N1C. The Hall–Kier alpha value is -8.53. The van der Waals surface area contributed by atoms with Gasteiger partial charge in [0.15, 0.2) is 18.1 Å². The number of carbonyl (C=O) groups is 9. The van der Waals surface area contributed by atoms with Crippen molar-refractivity contribution in [3.05, 3.63) is 108 Å². The molecule has 4 aromatic rings. The Bertz CT molecular complexity index is 3250. The monoisotopic (exact) mass is 1260 g/mol. The fourth-order valence-corrected chi connectivity index (χ4v) is 10.8. The van der Waals surface area contributed by atoms with E-state index in [0.717, 1.165) is 10.8 Å². The van der Waals surface area contributed by atoms with E-state index in [1.165, 1.54) is 74.9 Å². The second-order valence-corrected chi connectivity index (χ2v) is 24.8. The van der Waals surface area contributed by atoms with Crippen molar-refractivity contribution in [2.45, 2.75) is 148 Å². The summed E-state index contributed by atoms with van der Waals surface area (Å²) in [6.07, 6.45) is 5.62. The van der Waals surface area contributed by atoms with Crippen LogP contribution in [-0.4, -0.2) is 184 Å². The second-order valence-electron chi connectivity index (χ2n) is 24.8. The van der Waals surface area contributed by atoms with Crippen molar-refractivity contribution in [3.63, 3.8) is 0 Å². The summed E-state index contributed by atoms with van der Waals surface area (Å²) >= 11 is 0. The minimum atomic E-state index is -1.49. The average molecular weight is 1260 g/mol. The zero-order chi connectivity index (χ0) is 66.6. The number of fused-ring (bicyclic) bond motifs is 4. The Morgan fingerprint density at radius 3 is 2.19 bits per heavy atom. The van der Waals surface area contributed by atoms with Gasteiger partial charge < -0.3 is 63.4 Å². The van der Waals surface area contributed by atoms with Gasteiger partial charge in [-0.1, -0.05) is 80.4 Å². The molecule has 22 nitrogen and oxygen atoms in total. The lowest BCUT2D eigenvalue weighted by atomic mass is 9.87. The van der Waals surface area contributed by atoms with Crippen molar-refractivity contribution in [1.82, 2.24) is 30.2 Å². The minimum absolute atomic E-state index is 0.00203. The fraction of sp³-hybridized carbons (Fsp3) is 0.522. The number of piperidine rings is 1. The van der Waals surface area contributed by atoms with Gasteiger partial charge in [0.1, 0.15) is 48.4 Å². The molecular weight excluding hydrogens is 1170 g/mol. The van der Waals surface area contributed by atoms with E-state index in [2.05, 4.69) is 10.6 Å². The van der Waals surface area contributed by atoms with Crippen LogP contribution < -0.4 is 29.6 Å². The number of ketones is 1. The molecule has 4 aromatic carbocycles. The smallest absolute Gasteiger partial charge is 0.330 e. The number of unbranched alkanes of at least 4 members (excludes halogenated alkanes) is 1. The van der Waals surface area contributed by atoms with Crippen molar-refractivity contribution in [3.8, 4) is 23.0 Å². The molecule has 2 N–H and O–H groups in total. The van der Waals surface area contributed by atoms with Gasteiger partial charge in [-0.2, -0.15) is 0 Å². The number of Topliss-reactive ketones (excluding diaryl/α,β-unsaturated/α-hetero) is 1. The number of methoxy groups -OCH3 is 3. The number of hydrogen-bond donors (Lipinski definition) is 2. The highest BCUT2D eigenvalue weighted by Gasteiger charge is 2.43. The van der Waals surface area contributed by atoms with Crippen LogP contribution in [-0.2, 0) is 70.2 Å². The van der Waals surface area contributed by atoms with E-state index in [1.54, 1.807) is 70.3 Å². The number of allylic oxidation sites excluding steroid dienone is 1. The predicted molar refractivity (Wildman–Crippen MR) is 341 cm³/mol. The first-order valence-corrected chi connectivity index (χ1v) is 31.2. The number of carbonyl (C=O) groups excluding carboxylic acids is 9. The van der Waals surface area contributed by atoms with Gasteiger partial charge in [0.25, 0.3) is 11.8 Å².